The first-order valence-corrected chi connectivity index (χ1v) is 11.5. The van der Waals surface area contributed by atoms with Crippen LogP contribution in [0.25, 0.3) is 0 Å². The maximum Gasteiger partial charge on any atom is 0.253 e. The summed E-state index contributed by atoms with van der Waals surface area (Å²) in [5.74, 6) is -2.24. The smallest absolute Gasteiger partial charge is 0.253 e. The largest absolute Gasteiger partial charge is 0.495 e. The Morgan fingerprint density at radius 2 is 1.90 bits per heavy atom. The highest BCUT2D eigenvalue weighted by molar-refractivity contribution is 7.89. The SMILES string of the molecule is COc1ccc(C(=O)N(C)Cc2ccc(F)c(F)c2)cc1S(=O)(=O)N1CCCCC1C. The molecule has 0 bridgehead atoms. The molecule has 1 atom stereocenters. The molecule has 31 heavy (non-hydrogen) atoms. The number of piperidine rings is 1. The van der Waals surface area contributed by atoms with Crippen LogP contribution in [0.15, 0.2) is 41.3 Å². The van der Waals surface area contributed by atoms with Gasteiger partial charge in [-0.05, 0) is 55.7 Å². The monoisotopic (exact) mass is 452 g/mol. The lowest BCUT2D eigenvalue weighted by Crippen LogP contribution is -2.42. The summed E-state index contributed by atoms with van der Waals surface area (Å²) in [6.45, 7) is 2.32. The lowest BCUT2D eigenvalue weighted by molar-refractivity contribution is 0.0784. The molecule has 0 aliphatic carbocycles. The van der Waals surface area contributed by atoms with E-state index in [0.29, 0.717) is 12.1 Å². The molecule has 168 valence electrons. The van der Waals surface area contributed by atoms with Gasteiger partial charge < -0.3 is 9.64 Å². The van der Waals surface area contributed by atoms with Gasteiger partial charge >= 0.3 is 0 Å². The first-order valence-electron chi connectivity index (χ1n) is 10.0. The molecule has 0 spiro atoms. The third-order valence-corrected chi connectivity index (χ3v) is 7.52. The Morgan fingerprint density at radius 1 is 1.16 bits per heavy atom. The van der Waals surface area contributed by atoms with Crippen molar-refractivity contribution < 1.29 is 26.7 Å². The van der Waals surface area contributed by atoms with Crippen molar-refractivity contribution >= 4 is 15.9 Å². The Hall–Kier alpha value is -2.52. The lowest BCUT2D eigenvalue weighted by atomic mass is 10.1. The number of carbonyl (C=O) groups is 1. The number of hydrogen-bond donors (Lipinski definition) is 0. The number of halogens is 2. The van der Waals surface area contributed by atoms with Crippen molar-refractivity contribution in [2.75, 3.05) is 20.7 Å². The standard InChI is InChI=1S/C22H26F2N2O4S/c1-15-6-4-5-11-26(15)31(28,29)21-13-17(8-10-20(21)30-3)22(27)25(2)14-16-7-9-18(23)19(24)12-16/h7-10,12-13,15H,4-6,11,14H2,1-3H3. The number of benzene rings is 2. The van der Waals surface area contributed by atoms with Gasteiger partial charge in [-0.3, -0.25) is 4.79 Å². The molecular formula is C22H26F2N2O4S. The molecule has 1 amide bonds. The van der Waals surface area contributed by atoms with Gasteiger partial charge in [-0.1, -0.05) is 12.5 Å². The van der Waals surface area contributed by atoms with Crippen molar-refractivity contribution in [2.24, 2.45) is 0 Å². The highest BCUT2D eigenvalue weighted by Crippen LogP contribution is 2.32. The molecule has 1 aliphatic heterocycles. The minimum absolute atomic E-state index is 0.0350. The van der Waals surface area contributed by atoms with Gasteiger partial charge in [0.15, 0.2) is 11.6 Å². The maximum absolute atomic E-state index is 13.5. The molecular weight excluding hydrogens is 426 g/mol. The lowest BCUT2D eigenvalue weighted by Gasteiger charge is -2.32. The van der Waals surface area contributed by atoms with Crippen molar-refractivity contribution in [1.82, 2.24) is 9.21 Å². The molecule has 1 heterocycles. The van der Waals surface area contributed by atoms with Crippen molar-refractivity contribution in [3.63, 3.8) is 0 Å². The zero-order valence-electron chi connectivity index (χ0n) is 17.8. The molecule has 1 unspecified atom stereocenters. The van der Waals surface area contributed by atoms with Crippen LogP contribution in [0.2, 0.25) is 0 Å². The highest BCUT2D eigenvalue weighted by Gasteiger charge is 2.33. The number of carbonyl (C=O) groups excluding carboxylic acids is 1. The molecule has 0 saturated carbocycles. The van der Waals surface area contributed by atoms with E-state index in [1.54, 1.807) is 0 Å². The van der Waals surface area contributed by atoms with Crippen molar-refractivity contribution in [2.45, 2.75) is 43.7 Å². The molecule has 0 N–H and O–H groups in total. The van der Waals surface area contributed by atoms with E-state index < -0.39 is 27.6 Å². The number of rotatable bonds is 6. The van der Waals surface area contributed by atoms with Crippen LogP contribution in [0.5, 0.6) is 5.75 Å². The van der Waals surface area contributed by atoms with E-state index in [-0.39, 0.29) is 28.8 Å². The second-order valence-corrected chi connectivity index (χ2v) is 9.59. The number of sulfonamides is 1. The normalized spacial score (nSPS) is 17.4. The van der Waals surface area contributed by atoms with Crippen LogP contribution in [-0.2, 0) is 16.6 Å². The van der Waals surface area contributed by atoms with Gasteiger partial charge in [0.2, 0.25) is 10.0 Å². The summed E-state index contributed by atoms with van der Waals surface area (Å²) in [6, 6.07) is 7.55. The van der Waals surface area contributed by atoms with Crippen LogP contribution < -0.4 is 4.74 Å². The zero-order valence-corrected chi connectivity index (χ0v) is 18.6. The van der Waals surface area contributed by atoms with Crippen LogP contribution in [0.1, 0.15) is 42.1 Å². The van der Waals surface area contributed by atoms with Gasteiger partial charge in [0.25, 0.3) is 5.91 Å². The van der Waals surface area contributed by atoms with Crippen LogP contribution >= 0.6 is 0 Å². The van der Waals surface area contributed by atoms with Gasteiger partial charge in [-0.25, -0.2) is 17.2 Å². The summed E-state index contributed by atoms with van der Waals surface area (Å²) < 4.78 is 60.0. The third-order valence-electron chi connectivity index (χ3n) is 5.49. The van der Waals surface area contributed by atoms with Crippen molar-refractivity contribution in [3.05, 3.63) is 59.2 Å². The molecule has 3 rings (SSSR count). The minimum atomic E-state index is -3.86. The molecule has 1 aliphatic rings. The average molecular weight is 453 g/mol. The zero-order chi connectivity index (χ0) is 22.8. The van der Waals surface area contributed by atoms with E-state index in [2.05, 4.69) is 0 Å². The summed E-state index contributed by atoms with van der Waals surface area (Å²) in [7, 11) is -0.970. The Morgan fingerprint density at radius 3 is 2.55 bits per heavy atom. The van der Waals surface area contributed by atoms with Crippen LogP contribution in [0.3, 0.4) is 0 Å². The quantitative estimate of drug-likeness (QED) is 0.669. The fraction of sp³-hybridized carbons (Fsp3) is 0.409. The Labute approximate surface area is 181 Å². The summed E-state index contributed by atoms with van der Waals surface area (Å²) in [4.78, 5) is 14.2. The highest BCUT2D eigenvalue weighted by atomic mass is 32.2. The molecule has 2 aromatic rings. The predicted octanol–water partition coefficient (Wildman–Crippen LogP) is 3.81. The number of nitrogens with zero attached hydrogens (tertiary/aromatic N) is 2. The van der Waals surface area contributed by atoms with Gasteiger partial charge in [-0.2, -0.15) is 4.31 Å². The van der Waals surface area contributed by atoms with Gasteiger partial charge in [0.05, 0.1) is 7.11 Å². The van der Waals surface area contributed by atoms with E-state index in [1.165, 1.54) is 47.6 Å². The Balaban J connectivity index is 1.90. The number of amides is 1. The molecule has 9 heteroatoms. The number of methoxy groups -OCH3 is 1. The molecule has 2 aromatic carbocycles. The molecule has 1 saturated heterocycles. The van der Waals surface area contributed by atoms with Gasteiger partial charge in [0.1, 0.15) is 10.6 Å². The van der Waals surface area contributed by atoms with E-state index in [1.807, 2.05) is 6.92 Å². The first kappa shape index (κ1) is 23.1. The van der Waals surface area contributed by atoms with Crippen LogP contribution in [0, 0.1) is 11.6 Å². The Kier molecular flexibility index (Phi) is 6.96. The van der Waals surface area contributed by atoms with E-state index >= 15 is 0 Å². The number of hydrogen-bond acceptors (Lipinski definition) is 4. The molecule has 0 aromatic heterocycles. The fourth-order valence-electron chi connectivity index (χ4n) is 3.77. The Bertz CT molecular complexity index is 1080. The topological polar surface area (TPSA) is 66.9 Å². The summed E-state index contributed by atoms with van der Waals surface area (Å²) in [6.07, 6.45) is 2.52. The van der Waals surface area contributed by atoms with E-state index in [0.717, 1.165) is 31.4 Å². The fourth-order valence-corrected chi connectivity index (χ4v) is 5.65. The van der Waals surface area contributed by atoms with Crippen molar-refractivity contribution in [1.29, 1.82) is 0 Å². The van der Waals surface area contributed by atoms with Crippen molar-refractivity contribution in [3.8, 4) is 5.75 Å². The number of ether oxygens (including phenoxy) is 1. The second-order valence-electron chi connectivity index (χ2n) is 7.74. The minimum Gasteiger partial charge on any atom is -0.495 e. The summed E-state index contributed by atoms with van der Waals surface area (Å²) in [5.41, 5.74) is 0.576. The van der Waals surface area contributed by atoms with Gasteiger partial charge in [0, 0.05) is 31.7 Å². The van der Waals surface area contributed by atoms with Crippen LogP contribution in [0.4, 0.5) is 8.78 Å². The average Bonchev–Trinajstić information content (AvgIpc) is 2.75. The maximum atomic E-state index is 13.5. The predicted molar refractivity (Wildman–Crippen MR) is 112 cm³/mol. The molecule has 0 radical (unpaired) electrons. The van der Waals surface area contributed by atoms with E-state index in [9.17, 15) is 22.0 Å². The summed E-state index contributed by atoms with van der Waals surface area (Å²) in [5, 5.41) is 0. The molecule has 1 fully saturated rings. The molecule has 6 nitrogen and oxygen atoms in total. The van der Waals surface area contributed by atoms with E-state index in [4.69, 9.17) is 4.74 Å². The van der Waals surface area contributed by atoms with Gasteiger partial charge in [-0.15, -0.1) is 0 Å². The van der Waals surface area contributed by atoms with Crippen LogP contribution in [-0.4, -0.2) is 50.3 Å². The second kappa shape index (κ2) is 9.32. The third kappa shape index (κ3) is 4.88. The summed E-state index contributed by atoms with van der Waals surface area (Å²) >= 11 is 0. The first-order chi connectivity index (χ1) is 14.6.